The van der Waals surface area contributed by atoms with E-state index in [2.05, 4.69) is 20.8 Å². The first-order chi connectivity index (χ1) is 14.9. The molecule has 2 N–H and O–H groups in total. The van der Waals surface area contributed by atoms with Gasteiger partial charge in [0.1, 0.15) is 5.82 Å². The summed E-state index contributed by atoms with van der Waals surface area (Å²) in [6.45, 7) is 6.04. The third kappa shape index (κ3) is 5.73. The number of thioether (sulfide) groups is 1. The van der Waals surface area contributed by atoms with Gasteiger partial charge in [0.25, 0.3) is 0 Å². The van der Waals surface area contributed by atoms with Crippen LogP contribution in [0, 0.1) is 13.8 Å². The minimum Gasteiger partial charge on any atom is -0.325 e. The van der Waals surface area contributed by atoms with Crippen LogP contribution >= 0.6 is 11.8 Å². The zero-order chi connectivity index (χ0) is 22.4. The third-order valence-corrected chi connectivity index (χ3v) is 6.15. The summed E-state index contributed by atoms with van der Waals surface area (Å²) in [5, 5.41) is 14.7. The number of hydrogen-bond donors (Lipinski definition) is 2. The number of rotatable bonds is 8. The van der Waals surface area contributed by atoms with Gasteiger partial charge >= 0.3 is 0 Å². The van der Waals surface area contributed by atoms with E-state index < -0.39 is 0 Å². The first-order valence-corrected chi connectivity index (χ1v) is 11.1. The van der Waals surface area contributed by atoms with E-state index in [4.69, 9.17) is 0 Å². The lowest BCUT2D eigenvalue weighted by Gasteiger charge is -2.10. The Morgan fingerprint density at radius 1 is 0.968 bits per heavy atom. The highest BCUT2D eigenvalue weighted by Crippen LogP contribution is 2.21. The minimum atomic E-state index is -0.152. The highest BCUT2D eigenvalue weighted by molar-refractivity contribution is 7.99. The van der Waals surface area contributed by atoms with Crippen molar-refractivity contribution in [2.45, 2.75) is 38.8 Å². The summed E-state index contributed by atoms with van der Waals surface area (Å²) >= 11 is 1.29. The number of nitrogens with zero attached hydrogens (tertiary/aromatic N) is 3. The molecule has 0 bridgehead atoms. The van der Waals surface area contributed by atoms with Gasteiger partial charge in [-0.15, -0.1) is 10.2 Å². The van der Waals surface area contributed by atoms with E-state index in [1.54, 1.807) is 11.6 Å². The maximum atomic E-state index is 12.5. The maximum absolute atomic E-state index is 12.5. The van der Waals surface area contributed by atoms with Gasteiger partial charge in [0.05, 0.1) is 12.2 Å². The quantitative estimate of drug-likeness (QED) is 0.522. The Morgan fingerprint density at radius 3 is 2.45 bits per heavy atom. The second-order valence-corrected chi connectivity index (χ2v) is 8.22. The van der Waals surface area contributed by atoms with Crippen molar-refractivity contribution in [3.05, 3.63) is 65.0 Å². The molecule has 8 heteroatoms. The zero-order valence-corrected chi connectivity index (χ0v) is 19.0. The van der Waals surface area contributed by atoms with Gasteiger partial charge in [-0.3, -0.25) is 9.59 Å². The minimum absolute atomic E-state index is 0.108. The standard InChI is InChI=1S/C23H27N5O2S/c1-5-17-10-6-7-11-19(17)25-21(29)13-20-26-27-23(28(20)4)31-14-22(30)24-18-12-8-9-15(2)16(18)3/h6-12H,5,13-14H2,1-4H3,(H,24,30)(H,25,29). The number of para-hydroxylation sites is 1. The monoisotopic (exact) mass is 437 g/mol. The van der Waals surface area contributed by atoms with E-state index in [1.807, 2.05) is 63.2 Å². The largest absolute Gasteiger partial charge is 0.325 e. The first-order valence-electron chi connectivity index (χ1n) is 10.1. The summed E-state index contributed by atoms with van der Waals surface area (Å²) in [7, 11) is 1.80. The van der Waals surface area contributed by atoms with Crippen molar-refractivity contribution in [2.75, 3.05) is 16.4 Å². The van der Waals surface area contributed by atoms with Crippen LogP contribution in [0.15, 0.2) is 47.6 Å². The highest BCUT2D eigenvalue weighted by Gasteiger charge is 2.15. The normalized spacial score (nSPS) is 10.7. The number of aromatic nitrogens is 3. The van der Waals surface area contributed by atoms with E-state index in [1.165, 1.54) is 11.8 Å². The molecule has 3 aromatic rings. The number of benzene rings is 2. The van der Waals surface area contributed by atoms with Crippen LogP contribution in [-0.2, 0) is 29.5 Å². The van der Waals surface area contributed by atoms with Gasteiger partial charge in [-0.1, -0.05) is 49.0 Å². The summed E-state index contributed by atoms with van der Waals surface area (Å²) in [4.78, 5) is 24.8. The smallest absolute Gasteiger partial charge is 0.234 e. The Bertz CT molecular complexity index is 1090. The number of aryl methyl sites for hydroxylation is 2. The molecule has 0 aliphatic heterocycles. The molecule has 162 valence electrons. The van der Waals surface area contributed by atoms with Gasteiger partial charge in [0, 0.05) is 18.4 Å². The molecule has 2 aromatic carbocycles. The molecule has 1 heterocycles. The van der Waals surface area contributed by atoms with E-state index in [0.717, 1.165) is 34.5 Å². The Labute approximate surface area is 186 Å². The number of nitrogens with one attached hydrogen (secondary N) is 2. The molecular weight excluding hydrogens is 410 g/mol. The molecule has 3 rings (SSSR count). The topological polar surface area (TPSA) is 88.9 Å². The summed E-state index contributed by atoms with van der Waals surface area (Å²) < 4.78 is 1.75. The van der Waals surface area contributed by atoms with Crippen LogP contribution < -0.4 is 10.6 Å². The molecule has 0 aliphatic carbocycles. The van der Waals surface area contributed by atoms with Gasteiger partial charge < -0.3 is 15.2 Å². The molecule has 1 aromatic heterocycles. The summed E-state index contributed by atoms with van der Waals surface area (Å²) in [5.74, 6) is 0.483. The van der Waals surface area contributed by atoms with Crippen molar-refractivity contribution in [3.8, 4) is 0 Å². The second-order valence-electron chi connectivity index (χ2n) is 7.28. The average molecular weight is 438 g/mol. The lowest BCUT2D eigenvalue weighted by Crippen LogP contribution is -2.18. The molecule has 0 aliphatic rings. The SMILES string of the molecule is CCc1ccccc1NC(=O)Cc1nnc(SCC(=O)Nc2cccc(C)c2C)n1C. The van der Waals surface area contributed by atoms with Crippen LogP contribution in [-0.4, -0.2) is 32.3 Å². The van der Waals surface area contributed by atoms with Crippen molar-refractivity contribution in [1.29, 1.82) is 0 Å². The summed E-state index contributed by atoms with van der Waals surface area (Å²) in [6.07, 6.45) is 0.947. The van der Waals surface area contributed by atoms with Crippen molar-refractivity contribution in [3.63, 3.8) is 0 Å². The average Bonchev–Trinajstić information content (AvgIpc) is 3.09. The number of hydrogen-bond acceptors (Lipinski definition) is 5. The summed E-state index contributed by atoms with van der Waals surface area (Å²) in [6, 6.07) is 13.6. The van der Waals surface area contributed by atoms with Crippen molar-refractivity contribution < 1.29 is 9.59 Å². The predicted molar refractivity (Wildman–Crippen MR) is 124 cm³/mol. The number of carbonyl (C=O) groups is 2. The van der Waals surface area contributed by atoms with Crippen molar-refractivity contribution in [2.24, 2.45) is 7.05 Å². The van der Waals surface area contributed by atoms with Gasteiger partial charge in [0.15, 0.2) is 5.16 Å². The van der Waals surface area contributed by atoms with Crippen LogP contribution in [0.2, 0.25) is 0 Å². The Hall–Kier alpha value is -3.13. The molecule has 0 unspecified atom stereocenters. The number of amides is 2. The molecule has 7 nitrogen and oxygen atoms in total. The van der Waals surface area contributed by atoms with Crippen LogP contribution in [0.5, 0.6) is 0 Å². The third-order valence-electron chi connectivity index (χ3n) is 5.13. The van der Waals surface area contributed by atoms with Gasteiger partial charge in [0.2, 0.25) is 11.8 Å². The predicted octanol–water partition coefficient (Wildman–Crippen LogP) is 3.91. The molecule has 2 amide bonds. The molecule has 0 spiro atoms. The molecule has 0 radical (unpaired) electrons. The maximum Gasteiger partial charge on any atom is 0.234 e. The molecular formula is C23H27N5O2S. The molecule has 31 heavy (non-hydrogen) atoms. The Kier molecular flexibility index (Phi) is 7.46. The highest BCUT2D eigenvalue weighted by atomic mass is 32.2. The van der Waals surface area contributed by atoms with Gasteiger partial charge in [-0.25, -0.2) is 0 Å². The van der Waals surface area contributed by atoms with Crippen LogP contribution in [0.25, 0.3) is 0 Å². The molecule has 0 saturated heterocycles. The van der Waals surface area contributed by atoms with Crippen molar-refractivity contribution in [1.82, 2.24) is 14.8 Å². The Balaban J connectivity index is 1.56. The second kappa shape index (κ2) is 10.3. The molecule has 0 atom stereocenters. The van der Waals surface area contributed by atoms with E-state index in [9.17, 15) is 9.59 Å². The molecule has 0 saturated carbocycles. The Morgan fingerprint density at radius 2 is 1.68 bits per heavy atom. The van der Waals surface area contributed by atoms with Crippen LogP contribution in [0.1, 0.15) is 29.4 Å². The fourth-order valence-electron chi connectivity index (χ4n) is 3.12. The van der Waals surface area contributed by atoms with E-state index in [0.29, 0.717) is 11.0 Å². The summed E-state index contributed by atoms with van der Waals surface area (Å²) in [5.41, 5.74) is 4.89. The fraction of sp³-hybridized carbons (Fsp3) is 0.304. The van der Waals surface area contributed by atoms with Crippen LogP contribution in [0.4, 0.5) is 11.4 Å². The van der Waals surface area contributed by atoms with E-state index >= 15 is 0 Å². The zero-order valence-electron chi connectivity index (χ0n) is 18.2. The number of carbonyl (C=O) groups excluding carboxylic acids is 2. The lowest BCUT2D eigenvalue weighted by atomic mass is 10.1. The van der Waals surface area contributed by atoms with Gasteiger partial charge in [-0.05, 0) is 49.1 Å². The lowest BCUT2D eigenvalue weighted by molar-refractivity contribution is -0.116. The van der Waals surface area contributed by atoms with Crippen molar-refractivity contribution >= 4 is 35.0 Å². The fourth-order valence-corrected chi connectivity index (χ4v) is 3.85. The van der Waals surface area contributed by atoms with E-state index in [-0.39, 0.29) is 24.0 Å². The van der Waals surface area contributed by atoms with Gasteiger partial charge in [-0.2, -0.15) is 0 Å². The first kappa shape index (κ1) is 22.6. The van der Waals surface area contributed by atoms with Crippen LogP contribution in [0.3, 0.4) is 0 Å². The molecule has 0 fully saturated rings. The number of anilines is 2.